The smallest absolute Gasteiger partial charge is 0.127 e. The van der Waals surface area contributed by atoms with Crippen LogP contribution in [0.2, 0.25) is 0 Å². The van der Waals surface area contributed by atoms with Crippen LogP contribution in [0.3, 0.4) is 0 Å². The van der Waals surface area contributed by atoms with Gasteiger partial charge >= 0.3 is 0 Å². The van der Waals surface area contributed by atoms with Gasteiger partial charge in [0.2, 0.25) is 0 Å². The molecule has 3 aromatic rings. The van der Waals surface area contributed by atoms with Crippen molar-refractivity contribution < 1.29 is 4.74 Å². The van der Waals surface area contributed by atoms with Crippen molar-refractivity contribution in [3.63, 3.8) is 0 Å². The number of para-hydroxylation sites is 1. The molecule has 3 nitrogen and oxygen atoms in total. The molecule has 0 unspecified atom stereocenters. The number of ether oxygens (including phenoxy) is 1. The third-order valence-corrected chi connectivity index (χ3v) is 3.33. The van der Waals surface area contributed by atoms with Crippen LogP contribution in [0.5, 0.6) is 5.75 Å². The minimum atomic E-state index is 0.815. The van der Waals surface area contributed by atoms with Crippen molar-refractivity contribution >= 4 is 22.8 Å². The number of benzene rings is 2. The quantitative estimate of drug-likeness (QED) is 0.668. The van der Waals surface area contributed by atoms with Crippen LogP contribution < -0.4 is 4.74 Å². The van der Waals surface area contributed by atoms with Gasteiger partial charge in [0.25, 0.3) is 0 Å². The molecule has 0 N–H and O–H groups in total. The molecule has 3 rings (SSSR count). The molecule has 0 aliphatic heterocycles. The van der Waals surface area contributed by atoms with Crippen LogP contribution in [0.15, 0.2) is 59.6 Å². The lowest BCUT2D eigenvalue weighted by Gasteiger charge is -2.04. The lowest BCUT2D eigenvalue weighted by Crippen LogP contribution is -1.89. The highest BCUT2D eigenvalue weighted by Crippen LogP contribution is 2.25. The SMILES string of the molecule is COc1ccccc1C=Nc1cccc2nc(C)ccc12. The van der Waals surface area contributed by atoms with Crippen LogP contribution in [0.1, 0.15) is 11.3 Å². The number of pyridine rings is 1. The highest BCUT2D eigenvalue weighted by molar-refractivity contribution is 5.94. The first kappa shape index (κ1) is 13.3. The van der Waals surface area contributed by atoms with Crippen molar-refractivity contribution in [3.05, 3.63) is 65.9 Å². The fourth-order valence-corrected chi connectivity index (χ4v) is 2.27. The molecule has 0 radical (unpaired) electrons. The Morgan fingerprint density at radius 1 is 1.00 bits per heavy atom. The fourth-order valence-electron chi connectivity index (χ4n) is 2.27. The molecule has 21 heavy (non-hydrogen) atoms. The minimum Gasteiger partial charge on any atom is -0.496 e. The normalized spacial score (nSPS) is 11.1. The molecule has 0 fully saturated rings. The standard InChI is InChI=1S/C18H16N2O/c1-13-10-11-15-16(7-5-8-17(15)20-13)19-12-14-6-3-4-9-18(14)21-2/h3-12H,1-2H3. The maximum atomic E-state index is 5.33. The first-order valence-electron chi connectivity index (χ1n) is 6.81. The third kappa shape index (κ3) is 2.77. The number of rotatable bonds is 3. The summed E-state index contributed by atoms with van der Waals surface area (Å²) in [5, 5.41) is 1.05. The van der Waals surface area contributed by atoms with Gasteiger partial charge in [0, 0.05) is 22.9 Å². The number of methoxy groups -OCH3 is 1. The number of aromatic nitrogens is 1. The van der Waals surface area contributed by atoms with Crippen molar-refractivity contribution in [1.82, 2.24) is 4.98 Å². The summed E-state index contributed by atoms with van der Waals surface area (Å²) in [6, 6.07) is 17.9. The van der Waals surface area contributed by atoms with E-state index in [1.54, 1.807) is 7.11 Å². The summed E-state index contributed by atoms with van der Waals surface area (Å²) in [6.07, 6.45) is 1.83. The summed E-state index contributed by atoms with van der Waals surface area (Å²) in [5.74, 6) is 0.815. The van der Waals surface area contributed by atoms with Crippen molar-refractivity contribution in [2.24, 2.45) is 4.99 Å². The van der Waals surface area contributed by atoms with Crippen molar-refractivity contribution in [3.8, 4) is 5.75 Å². The molecular formula is C18H16N2O. The lowest BCUT2D eigenvalue weighted by molar-refractivity contribution is 0.414. The van der Waals surface area contributed by atoms with E-state index in [0.717, 1.165) is 33.6 Å². The van der Waals surface area contributed by atoms with Gasteiger partial charge in [0.15, 0.2) is 0 Å². The van der Waals surface area contributed by atoms with Gasteiger partial charge in [-0.1, -0.05) is 18.2 Å². The van der Waals surface area contributed by atoms with E-state index in [4.69, 9.17) is 4.74 Å². The number of aliphatic imine (C=N–C) groups is 1. The van der Waals surface area contributed by atoms with Gasteiger partial charge in [0.1, 0.15) is 5.75 Å². The van der Waals surface area contributed by atoms with Gasteiger partial charge in [-0.15, -0.1) is 0 Å². The van der Waals surface area contributed by atoms with Crippen molar-refractivity contribution in [2.75, 3.05) is 7.11 Å². The zero-order valence-electron chi connectivity index (χ0n) is 12.1. The highest BCUT2D eigenvalue weighted by atomic mass is 16.5. The molecule has 104 valence electrons. The largest absolute Gasteiger partial charge is 0.496 e. The summed E-state index contributed by atoms with van der Waals surface area (Å²) in [4.78, 5) is 9.12. The molecule has 1 heterocycles. The second kappa shape index (κ2) is 5.75. The Hall–Kier alpha value is -2.68. The number of nitrogens with zero attached hydrogens (tertiary/aromatic N) is 2. The number of hydrogen-bond donors (Lipinski definition) is 0. The summed E-state index contributed by atoms with van der Waals surface area (Å²) in [7, 11) is 1.66. The number of aryl methyl sites for hydroxylation is 1. The van der Waals surface area contributed by atoms with E-state index >= 15 is 0 Å². The monoisotopic (exact) mass is 276 g/mol. The van der Waals surface area contributed by atoms with E-state index in [0.29, 0.717) is 0 Å². The van der Waals surface area contributed by atoms with Crippen LogP contribution >= 0.6 is 0 Å². The number of fused-ring (bicyclic) bond motifs is 1. The van der Waals surface area contributed by atoms with Gasteiger partial charge in [-0.3, -0.25) is 9.98 Å². The maximum Gasteiger partial charge on any atom is 0.127 e. The summed E-state index contributed by atoms with van der Waals surface area (Å²) in [6.45, 7) is 1.99. The molecule has 3 heteroatoms. The van der Waals surface area contributed by atoms with Gasteiger partial charge in [-0.05, 0) is 43.3 Å². The Bertz CT molecular complexity index is 809. The van der Waals surface area contributed by atoms with Crippen LogP contribution in [0.25, 0.3) is 10.9 Å². The Morgan fingerprint density at radius 3 is 2.71 bits per heavy atom. The minimum absolute atomic E-state index is 0.815. The van der Waals surface area contributed by atoms with Crippen molar-refractivity contribution in [1.29, 1.82) is 0 Å². The molecule has 0 amide bonds. The zero-order valence-corrected chi connectivity index (χ0v) is 12.1. The molecule has 0 bridgehead atoms. The summed E-state index contributed by atoms with van der Waals surface area (Å²) < 4.78 is 5.33. The molecule has 0 saturated heterocycles. The molecule has 0 aliphatic rings. The average Bonchev–Trinajstić information content (AvgIpc) is 2.52. The Kier molecular flexibility index (Phi) is 3.65. The molecule has 0 aliphatic carbocycles. The molecule has 0 saturated carbocycles. The molecule has 0 atom stereocenters. The first-order chi connectivity index (χ1) is 10.3. The zero-order chi connectivity index (χ0) is 14.7. The van der Waals surface area contributed by atoms with Crippen LogP contribution in [0, 0.1) is 6.92 Å². The molecule has 2 aromatic carbocycles. The van der Waals surface area contributed by atoms with Crippen LogP contribution in [0.4, 0.5) is 5.69 Å². The maximum absolute atomic E-state index is 5.33. The Balaban J connectivity index is 2.03. The van der Waals surface area contributed by atoms with E-state index in [1.807, 2.05) is 61.7 Å². The highest BCUT2D eigenvalue weighted by Gasteiger charge is 2.02. The second-order valence-corrected chi connectivity index (χ2v) is 4.80. The number of hydrogen-bond acceptors (Lipinski definition) is 3. The third-order valence-electron chi connectivity index (χ3n) is 3.33. The lowest BCUT2D eigenvalue weighted by atomic mass is 10.1. The molecule has 1 aromatic heterocycles. The summed E-state index contributed by atoms with van der Waals surface area (Å²) >= 11 is 0. The van der Waals surface area contributed by atoms with Gasteiger partial charge in [-0.25, -0.2) is 0 Å². The molecule has 0 spiro atoms. The predicted molar refractivity (Wildman–Crippen MR) is 86.7 cm³/mol. The van der Waals surface area contributed by atoms with E-state index in [1.165, 1.54) is 0 Å². The Labute approximate surface area is 123 Å². The fraction of sp³-hybridized carbons (Fsp3) is 0.111. The van der Waals surface area contributed by atoms with Crippen LogP contribution in [-0.4, -0.2) is 18.3 Å². The first-order valence-corrected chi connectivity index (χ1v) is 6.81. The Morgan fingerprint density at radius 2 is 1.86 bits per heavy atom. The van der Waals surface area contributed by atoms with Gasteiger partial charge < -0.3 is 4.74 Å². The van der Waals surface area contributed by atoms with E-state index in [-0.39, 0.29) is 0 Å². The second-order valence-electron chi connectivity index (χ2n) is 4.80. The van der Waals surface area contributed by atoms with Crippen LogP contribution in [-0.2, 0) is 0 Å². The van der Waals surface area contributed by atoms with Gasteiger partial charge in [0.05, 0.1) is 18.3 Å². The predicted octanol–water partition coefficient (Wildman–Crippen LogP) is 4.30. The van der Waals surface area contributed by atoms with Gasteiger partial charge in [-0.2, -0.15) is 0 Å². The summed E-state index contributed by atoms with van der Waals surface area (Å²) in [5.41, 5.74) is 3.83. The van der Waals surface area contributed by atoms with E-state index in [2.05, 4.69) is 16.0 Å². The van der Waals surface area contributed by atoms with Crippen molar-refractivity contribution in [2.45, 2.75) is 6.92 Å². The average molecular weight is 276 g/mol. The molecular weight excluding hydrogens is 260 g/mol. The topological polar surface area (TPSA) is 34.5 Å². The van der Waals surface area contributed by atoms with E-state index in [9.17, 15) is 0 Å². The van der Waals surface area contributed by atoms with E-state index < -0.39 is 0 Å².